The van der Waals surface area contributed by atoms with E-state index in [-0.39, 0.29) is 5.82 Å². The second kappa shape index (κ2) is 4.08. The summed E-state index contributed by atoms with van der Waals surface area (Å²) in [5.41, 5.74) is -0.999. The van der Waals surface area contributed by atoms with Crippen molar-refractivity contribution < 1.29 is 14.8 Å². The van der Waals surface area contributed by atoms with Crippen LogP contribution in [0.4, 0.5) is 5.69 Å². The largest absolute Gasteiger partial charge is 0.476 e. The van der Waals surface area contributed by atoms with Gasteiger partial charge >= 0.3 is 11.7 Å². The van der Waals surface area contributed by atoms with Crippen molar-refractivity contribution in [1.29, 1.82) is 0 Å². The third-order valence-corrected chi connectivity index (χ3v) is 2.51. The lowest BCUT2D eigenvalue weighted by atomic mass is 10.4. The lowest BCUT2D eigenvalue weighted by molar-refractivity contribution is -0.385. The molecule has 3 aromatic heterocycles. The molecule has 0 bridgehead atoms. The highest BCUT2D eigenvalue weighted by atomic mass is 16.6. The molecule has 0 aliphatic heterocycles. The van der Waals surface area contributed by atoms with Gasteiger partial charge in [-0.05, 0) is 0 Å². The summed E-state index contributed by atoms with van der Waals surface area (Å²) < 4.78 is 2.52. The monoisotopic (exact) mass is 275 g/mol. The first kappa shape index (κ1) is 11.7. The molecule has 0 aliphatic rings. The van der Waals surface area contributed by atoms with Crippen LogP contribution < -0.4 is 0 Å². The van der Waals surface area contributed by atoms with E-state index >= 15 is 0 Å². The molecule has 11 nitrogen and oxygen atoms in total. The maximum absolute atomic E-state index is 11.0. The van der Waals surface area contributed by atoms with Crippen LogP contribution in [0.3, 0.4) is 0 Å². The molecule has 0 atom stereocenters. The SMILES string of the molecule is O=C(O)c1nn(-c2nccn3cnnc23)cc1[N+](=O)[O-]. The summed E-state index contributed by atoms with van der Waals surface area (Å²) in [7, 11) is 0. The second-order valence-electron chi connectivity index (χ2n) is 3.68. The number of carboxylic acids is 1. The van der Waals surface area contributed by atoms with Crippen LogP contribution in [0.5, 0.6) is 0 Å². The molecule has 1 N–H and O–H groups in total. The zero-order valence-electron chi connectivity index (χ0n) is 9.61. The summed E-state index contributed by atoms with van der Waals surface area (Å²) in [6.45, 7) is 0. The Morgan fingerprint density at radius 1 is 1.45 bits per heavy atom. The van der Waals surface area contributed by atoms with Gasteiger partial charge in [0.05, 0.1) is 4.92 Å². The van der Waals surface area contributed by atoms with Crippen molar-refractivity contribution in [3.05, 3.63) is 40.7 Å². The number of rotatable bonds is 3. The Morgan fingerprint density at radius 3 is 2.90 bits per heavy atom. The van der Waals surface area contributed by atoms with Crippen LogP contribution >= 0.6 is 0 Å². The van der Waals surface area contributed by atoms with Gasteiger partial charge in [-0.2, -0.15) is 5.10 Å². The Hall–Kier alpha value is -3.37. The van der Waals surface area contributed by atoms with Crippen molar-refractivity contribution in [3.63, 3.8) is 0 Å². The molecule has 3 aromatic rings. The van der Waals surface area contributed by atoms with Gasteiger partial charge in [-0.15, -0.1) is 10.2 Å². The summed E-state index contributed by atoms with van der Waals surface area (Å²) >= 11 is 0. The van der Waals surface area contributed by atoms with Gasteiger partial charge in [0.1, 0.15) is 12.5 Å². The van der Waals surface area contributed by atoms with Gasteiger partial charge in [0.15, 0.2) is 5.82 Å². The van der Waals surface area contributed by atoms with Crippen LogP contribution in [-0.2, 0) is 0 Å². The molecule has 3 rings (SSSR count). The number of hydrogen-bond acceptors (Lipinski definition) is 7. The van der Waals surface area contributed by atoms with E-state index in [9.17, 15) is 14.9 Å². The number of fused-ring (bicyclic) bond motifs is 1. The summed E-state index contributed by atoms with van der Waals surface area (Å²) in [4.78, 5) is 24.9. The Balaban J connectivity index is 2.25. The fourth-order valence-corrected chi connectivity index (χ4v) is 1.67. The first-order valence-corrected chi connectivity index (χ1v) is 5.20. The minimum Gasteiger partial charge on any atom is -0.476 e. The Morgan fingerprint density at radius 2 is 2.25 bits per heavy atom. The van der Waals surface area contributed by atoms with Crippen molar-refractivity contribution in [1.82, 2.24) is 29.4 Å². The number of nitrogens with zero attached hydrogens (tertiary/aromatic N) is 7. The maximum atomic E-state index is 11.0. The van der Waals surface area contributed by atoms with Crippen molar-refractivity contribution in [2.24, 2.45) is 0 Å². The molecule has 3 heterocycles. The van der Waals surface area contributed by atoms with Crippen molar-refractivity contribution in [2.45, 2.75) is 0 Å². The van der Waals surface area contributed by atoms with Gasteiger partial charge in [-0.25, -0.2) is 14.5 Å². The Kier molecular flexibility index (Phi) is 2.39. The van der Waals surface area contributed by atoms with Crippen molar-refractivity contribution >= 4 is 17.3 Å². The highest BCUT2D eigenvalue weighted by Crippen LogP contribution is 2.20. The van der Waals surface area contributed by atoms with E-state index in [0.717, 1.165) is 10.9 Å². The molecule has 0 unspecified atom stereocenters. The second-order valence-corrected chi connectivity index (χ2v) is 3.68. The minimum absolute atomic E-state index is 0.139. The molecule has 0 radical (unpaired) electrons. The number of carbonyl (C=O) groups is 1. The van der Waals surface area contributed by atoms with Crippen LogP contribution in [0, 0.1) is 10.1 Å². The topological polar surface area (TPSA) is 141 Å². The number of aromatic carboxylic acids is 1. The molecular formula is C9H5N7O4. The Labute approximate surface area is 109 Å². The van der Waals surface area contributed by atoms with E-state index in [1.165, 1.54) is 16.9 Å². The lowest BCUT2D eigenvalue weighted by Crippen LogP contribution is -2.05. The van der Waals surface area contributed by atoms with Gasteiger partial charge in [0.25, 0.3) is 0 Å². The average Bonchev–Trinajstić information content (AvgIpc) is 3.04. The fraction of sp³-hybridized carbons (Fsp3) is 0. The van der Waals surface area contributed by atoms with Gasteiger partial charge in [0.2, 0.25) is 11.3 Å². The van der Waals surface area contributed by atoms with Gasteiger partial charge in [0, 0.05) is 12.4 Å². The van der Waals surface area contributed by atoms with E-state index in [1.54, 1.807) is 6.20 Å². The zero-order valence-corrected chi connectivity index (χ0v) is 9.61. The Bertz CT molecular complexity index is 804. The summed E-state index contributed by atoms with van der Waals surface area (Å²) in [6.07, 6.45) is 5.38. The molecule has 0 fully saturated rings. The third kappa shape index (κ3) is 1.65. The van der Waals surface area contributed by atoms with Crippen LogP contribution in [0.2, 0.25) is 0 Å². The first-order chi connectivity index (χ1) is 9.58. The third-order valence-electron chi connectivity index (χ3n) is 2.51. The average molecular weight is 275 g/mol. The highest BCUT2D eigenvalue weighted by Gasteiger charge is 2.26. The number of nitro groups is 1. The fourth-order valence-electron chi connectivity index (χ4n) is 1.67. The normalized spacial score (nSPS) is 10.8. The quantitative estimate of drug-likeness (QED) is 0.516. The van der Waals surface area contributed by atoms with Crippen molar-refractivity contribution in [3.8, 4) is 5.82 Å². The molecule has 20 heavy (non-hydrogen) atoms. The number of carboxylic acid groups (broad SMARTS) is 1. The molecule has 0 aliphatic carbocycles. The van der Waals surface area contributed by atoms with Gasteiger partial charge in [-0.1, -0.05) is 0 Å². The molecule has 100 valence electrons. The predicted octanol–water partition coefficient (Wildman–Crippen LogP) is -0.0836. The highest BCUT2D eigenvalue weighted by molar-refractivity contribution is 5.90. The zero-order chi connectivity index (χ0) is 14.3. The summed E-state index contributed by atoms with van der Waals surface area (Å²) in [6, 6.07) is 0. The smallest absolute Gasteiger partial charge is 0.363 e. The van der Waals surface area contributed by atoms with Crippen molar-refractivity contribution in [2.75, 3.05) is 0 Å². The van der Waals surface area contributed by atoms with E-state index in [2.05, 4.69) is 20.3 Å². The van der Waals surface area contributed by atoms with Crippen LogP contribution in [0.1, 0.15) is 10.5 Å². The molecule has 0 amide bonds. The van der Waals surface area contributed by atoms with Crippen LogP contribution in [0.15, 0.2) is 24.9 Å². The summed E-state index contributed by atoms with van der Waals surface area (Å²) in [5, 5.41) is 30.9. The van der Waals surface area contributed by atoms with Gasteiger partial charge < -0.3 is 5.11 Å². The van der Waals surface area contributed by atoms with Crippen LogP contribution in [0.25, 0.3) is 11.5 Å². The molecular weight excluding hydrogens is 270 g/mol. The van der Waals surface area contributed by atoms with Crippen LogP contribution in [-0.4, -0.2) is 45.4 Å². The first-order valence-electron chi connectivity index (χ1n) is 5.20. The summed E-state index contributed by atoms with van der Waals surface area (Å²) in [5.74, 6) is -1.36. The minimum atomic E-state index is -1.50. The predicted molar refractivity (Wildman–Crippen MR) is 61.5 cm³/mol. The standard InChI is InChI=1S/C9H5N7O4/c17-9(18)6-5(16(19)20)3-15(13-6)7-8-12-11-4-14(8)2-1-10-7/h1-4H,(H,17,18). The van der Waals surface area contributed by atoms with E-state index in [0.29, 0.717) is 5.65 Å². The molecule has 11 heteroatoms. The van der Waals surface area contributed by atoms with Gasteiger partial charge in [-0.3, -0.25) is 14.5 Å². The van der Waals surface area contributed by atoms with E-state index in [4.69, 9.17) is 5.11 Å². The lowest BCUT2D eigenvalue weighted by Gasteiger charge is -1.99. The molecule has 0 saturated heterocycles. The molecule has 0 spiro atoms. The van der Waals surface area contributed by atoms with E-state index < -0.39 is 22.3 Å². The number of hydrogen-bond donors (Lipinski definition) is 1. The van der Waals surface area contributed by atoms with E-state index in [1.807, 2.05) is 0 Å². The molecule has 0 saturated carbocycles. The molecule has 0 aromatic carbocycles. The number of aromatic nitrogens is 6. The maximum Gasteiger partial charge on any atom is 0.363 e.